The van der Waals surface area contributed by atoms with Crippen molar-refractivity contribution < 1.29 is 67.0 Å². The molecule has 16 nitrogen and oxygen atoms in total. The lowest BCUT2D eigenvalue weighted by Gasteiger charge is -2.44. The SMILES string of the molecule is [B]C[C@H]1C(OC(COC2OC(CO)C(I)C(OC(=O)CCOC=O)C2NC(=O)CCOC=O)[C@@H]([B])C)N1C(=O)CCOC=O. The number of aliphatic hydroxyl groups is 1. The van der Waals surface area contributed by atoms with Crippen molar-refractivity contribution in [2.45, 2.75) is 85.2 Å². The smallest absolute Gasteiger partial charge is 0.309 e. The standard InChI is InChI=1S/C25H35B2IN2O14/c1-14(27)17(42-24-15(8-26)30(24)19(36)3-6-39-12-33)10-41-25-22(29-18(35)2-5-38-11-32)23(21(28)16(9-31)43-25)44-20(37)4-7-40-13-34/h11-17,21-25,31H,2-10H2,1H3,(H,29,35)/t14-,15-,16?,17?,21?,22?,23?,24?,25?,30?/m0/s1. The third-order valence-electron chi connectivity index (χ3n) is 6.63. The van der Waals surface area contributed by atoms with Crippen molar-refractivity contribution in [2.75, 3.05) is 33.0 Å². The zero-order chi connectivity index (χ0) is 32.6. The average Bonchev–Trinajstić information content (AvgIpc) is 3.70. The number of carbonyl (C=O) groups is 6. The highest BCUT2D eigenvalue weighted by Gasteiger charge is 2.52. The molecular formula is C25H35B2IN2O14. The third kappa shape index (κ3) is 11.5. The third-order valence-corrected chi connectivity index (χ3v) is 8.15. The first-order chi connectivity index (χ1) is 21.1. The summed E-state index contributed by atoms with van der Waals surface area (Å²) in [7, 11) is 11.9. The van der Waals surface area contributed by atoms with Crippen LogP contribution in [0.15, 0.2) is 0 Å². The highest BCUT2D eigenvalue weighted by Crippen LogP contribution is 2.36. The first-order valence-corrected chi connectivity index (χ1v) is 15.0. The number of ether oxygens (including phenoxy) is 7. The molecule has 2 heterocycles. The highest BCUT2D eigenvalue weighted by atomic mass is 127. The van der Waals surface area contributed by atoms with E-state index in [1.54, 1.807) is 6.92 Å². The monoisotopic (exact) mass is 736 g/mol. The highest BCUT2D eigenvalue weighted by molar-refractivity contribution is 14.1. The van der Waals surface area contributed by atoms with E-state index in [0.717, 1.165) is 0 Å². The van der Waals surface area contributed by atoms with Gasteiger partial charge >= 0.3 is 5.97 Å². The first-order valence-electron chi connectivity index (χ1n) is 13.7. The maximum Gasteiger partial charge on any atom is 0.309 e. The average molecular weight is 736 g/mol. The molecule has 2 N–H and O–H groups in total. The number of carbonyl (C=O) groups excluding carboxylic acids is 6. The number of amides is 2. The Labute approximate surface area is 270 Å². The Morgan fingerprint density at radius 3 is 2.23 bits per heavy atom. The second-order valence-corrected chi connectivity index (χ2v) is 11.2. The molecule has 2 rings (SSSR count). The zero-order valence-corrected chi connectivity index (χ0v) is 26.2. The van der Waals surface area contributed by atoms with Crippen LogP contribution >= 0.6 is 22.6 Å². The van der Waals surface area contributed by atoms with Crippen molar-refractivity contribution >= 4 is 75.5 Å². The van der Waals surface area contributed by atoms with E-state index in [0.29, 0.717) is 0 Å². The van der Waals surface area contributed by atoms with Crippen molar-refractivity contribution in [2.24, 2.45) is 0 Å². The molecule has 2 aliphatic heterocycles. The number of nitrogens with zero attached hydrogens (tertiary/aromatic N) is 1. The van der Waals surface area contributed by atoms with Crippen LogP contribution in [0, 0.1) is 0 Å². The summed E-state index contributed by atoms with van der Waals surface area (Å²) in [6.45, 7) is 1.02. The Balaban J connectivity index is 2.19. The molecule has 0 bridgehead atoms. The number of aliphatic hydroxyl groups excluding tert-OH is 1. The van der Waals surface area contributed by atoms with Gasteiger partial charge < -0.3 is 48.5 Å². The fourth-order valence-corrected chi connectivity index (χ4v) is 5.30. The van der Waals surface area contributed by atoms with Crippen molar-refractivity contribution in [3.8, 4) is 0 Å². The summed E-state index contributed by atoms with van der Waals surface area (Å²) < 4.78 is 36.7. The summed E-state index contributed by atoms with van der Waals surface area (Å²) in [6.07, 6.45) is -5.24. The van der Waals surface area contributed by atoms with Gasteiger partial charge in [-0.25, -0.2) is 0 Å². The number of halogens is 1. The molecule has 0 aliphatic carbocycles. The Morgan fingerprint density at radius 1 is 1.05 bits per heavy atom. The molecule has 2 aliphatic rings. The second-order valence-electron chi connectivity index (χ2n) is 9.73. The Morgan fingerprint density at radius 2 is 1.66 bits per heavy atom. The van der Waals surface area contributed by atoms with Crippen LogP contribution in [-0.2, 0) is 61.9 Å². The summed E-state index contributed by atoms with van der Waals surface area (Å²) in [5.41, 5.74) is 0. The van der Waals surface area contributed by atoms with Gasteiger partial charge in [-0.05, 0) is 0 Å². The molecule has 44 heavy (non-hydrogen) atoms. The summed E-state index contributed by atoms with van der Waals surface area (Å²) in [4.78, 5) is 70.5. The van der Waals surface area contributed by atoms with Gasteiger partial charge in [0, 0.05) is 0 Å². The van der Waals surface area contributed by atoms with Gasteiger partial charge in [0.2, 0.25) is 11.8 Å². The molecule has 0 aromatic carbocycles. The van der Waals surface area contributed by atoms with Crippen LogP contribution in [0.3, 0.4) is 0 Å². The predicted octanol–water partition coefficient (Wildman–Crippen LogP) is -1.90. The summed E-state index contributed by atoms with van der Waals surface area (Å²) in [5.74, 6) is -2.29. The van der Waals surface area contributed by atoms with Crippen LogP contribution in [-0.4, -0.2) is 143 Å². The maximum atomic E-state index is 12.7. The van der Waals surface area contributed by atoms with Gasteiger partial charge in [0.05, 0.1) is 83.6 Å². The second kappa shape index (κ2) is 19.8. The van der Waals surface area contributed by atoms with E-state index in [9.17, 15) is 33.9 Å². The van der Waals surface area contributed by atoms with Crippen molar-refractivity contribution in [3.63, 3.8) is 0 Å². The van der Waals surface area contributed by atoms with E-state index in [4.69, 9.17) is 34.6 Å². The topological polar surface area (TPSA) is 202 Å². The van der Waals surface area contributed by atoms with Crippen LogP contribution in [0.2, 0.25) is 12.1 Å². The number of alkyl halides is 1. The molecular weight excluding hydrogens is 701 g/mol. The minimum atomic E-state index is -1.29. The lowest BCUT2D eigenvalue weighted by atomic mass is 9.84. The van der Waals surface area contributed by atoms with E-state index in [1.807, 2.05) is 22.6 Å². The molecule has 7 unspecified atom stereocenters. The number of nitrogens with one attached hydrogen (secondary N) is 1. The van der Waals surface area contributed by atoms with Gasteiger partial charge in [-0.2, -0.15) is 0 Å². The van der Waals surface area contributed by atoms with Gasteiger partial charge in [0.1, 0.15) is 18.8 Å². The lowest BCUT2D eigenvalue weighted by Crippen LogP contribution is -2.64. The fraction of sp³-hybridized carbons (Fsp3) is 0.760. The molecule has 9 atom stereocenters. The van der Waals surface area contributed by atoms with Crippen LogP contribution in [0.1, 0.15) is 26.2 Å². The van der Waals surface area contributed by atoms with Crippen LogP contribution in [0.25, 0.3) is 0 Å². The molecule has 19 heteroatoms. The zero-order valence-electron chi connectivity index (χ0n) is 24.0. The number of hydrogen-bond donors (Lipinski definition) is 2. The summed E-state index contributed by atoms with van der Waals surface area (Å²) in [5, 5.41) is 12.7. The van der Waals surface area contributed by atoms with E-state index in [-0.39, 0.29) is 77.3 Å². The van der Waals surface area contributed by atoms with E-state index >= 15 is 0 Å². The van der Waals surface area contributed by atoms with E-state index < -0.39 is 71.1 Å². The normalized spacial score (nSPS) is 27.2. The molecule has 2 saturated heterocycles. The van der Waals surface area contributed by atoms with Gasteiger partial charge in [-0.3, -0.25) is 28.8 Å². The number of rotatable bonds is 22. The molecule has 0 spiro atoms. The van der Waals surface area contributed by atoms with Crippen molar-refractivity contribution in [3.05, 3.63) is 0 Å². The molecule has 0 aromatic heterocycles. The minimum absolute atomic E-state index is 0.0645. The quantitative estimate of drug-likeness (QED) is 0.0182. The Hall–Kier alpha value is -2.48. The lowest BCUT2D eigenvalue weighted by molar-refractivity contribution is -0.245. The van der Waals surface area contributed by atoms with Crippen LogP contribution in [0.5, 0.6) is 0 Å². The fourth-order valence-electron chi connectivity index (χ4n) is 4.31. The summed E-state index contributed by atoms with van der Waals surface area (Å²) >= 11 is 1.92. The predicted molar refractivity (Wildman–Crippen MR) is 156 cm³/mol. The molecule has 0 saturated carbocycles. The van der Waals surface area contributed by atoms with E-state index in [1.165, 1.54) is 4.90 Å². The minimum Gasteiger partial charge on any atom is -0.467 e. The number of esters is 1. The van der Waals surface area contributed by atoms with Crippen molar-refractivity contribution in [1.29, 1.82) is 0 Å². The summed E-state index contributed by atoms with van der Waals surface area (Å²) in [6, 6.07) is -1.54. The largest absolute Gasteiger partial charge is 0.467 e. The molecule has 2 amide bonds. The van der Waals surface area contributed by atoms with Crippen LogP contribution in [0.4, 0.5) is 0 Å². The van der Waals surface area contributed by atoms with Gasteiger partial charge in [0.15, 0.2) is 12.5 Å². The molecule has 0 aromatic rings. The Kier molecular flexibility index (Phi) is 17.0. The van der Waals surface area contributed by atoms with Gasteiger partial charge in [-0.15, -0.1) is 0 Å². The van der Waals surface area contributed by atoms with Gasteiger partial charge in [0.25, 0.3) is 19.4 Å². The van der Waals surface area contributed by atoms with Crippen LogP contribution < -0.4 is 5.32 Å². The van der Waals surface area contributed by atoms with Crippen molar-refractivity contribution in [1.82, 2.24) is 10.2 Å². The molecule has 4 radical (unpaired) electrons. The molecule has 242 valence electrons. The molecule has 2 fully saturated rings. The van der Waals surface area contributed by atoms with E-state index in [2.05, 4.69) is 19.5 Å². The number of hydrogen-bond acceptors (Lipinski definition) is 14. The maximum absolute atomic E-state index is 12.7. The Bertz CT molecular complexity index is 966. The van der Waals surface area contributed by atoms with Gasteiger partial charge in [-0.1, -0.05) is 41.7 Å². The first kappa shape index (κ1) is 37.7.